The van der Waals surface area contributed by atoms with Gasteiger partial charge in [-0.2, -0.15) is 0 Å². The van der Waals surface area contributed by atoms with Gasteiger partial charge < -0.3 is 0 Å². The molecule has 2 aliphatic rings. The van der Waals surface area contributed by atoms with E-state index in [0.717, 1.165) is 5.69 Å². The highest BCUT2D eigenvalue weighted by molar-refractivity contribution is 5.94. The van der Waals surface area contributed by atoms with Gasteiger partial charge in [0, 0.05) is 11.8 Å². The van der Waals surface area contributed by atoms with Crippen LogP contribution in [0.2, 0.25) is 0 Å². The molecule has 0 atom stereocenters. The van der Waals surface area contributed by atoms with Crippen molar-refractivity contribution in [2.45, 2.75) is 19.3 Å². The first-order chi connectivity index (χ1) is 13.2. The van der Waals surface area contributed by atoms with E-state index in [1.807, 2.05) is 6.20 Å². The van der Waals surface area contributed by atoms with Crippen molar-refractivity contribution in [3.8, 4) is 22.4 Å². The van der Waals surface area contributed by atoms with Gasteiger partial charge in [-0.05, 0) is 53.3 Å². The van der Waals surface area contributed by atoms with E-state index in [0.29, 0.717) is 0 Å². The van der Waals surface area contributed by atoms with Gasteiger partial charge in [0.25, 0.3) is 0 Å². The maximum absolute atomic E-state index is 4.81. The van der Waals surface area contributed by atoms with Gasteiger partial charge in [0.1, 0.15) is 0 Å². The molecule has 0 saturated heterocycles. The van der Waals surface area contributed by atoms with E-state index >= 15 is 0 Å². The summed E-state index contributed by atoms with van der Waals surface area (Å²) < 4.78 is 0. The van der Waals surface area contributed by atoms with Crippen LogP contribution >= 0.6 is 0 Å². The molecule has 0 fully saturated rings. The minimum Gasteiger partial charge on any atom is -0.256 e. The molecule has 1 heteroatoms. The number of fused-ring (bicyclic) bond motifs is 10. The Labute approximate surface area is 159 Å². The quantitative estimate of drug-likeness (QED) is 0.327. The lowest BCUT2D eigenvalue weighted by Gasteiger charge is -2.30. The molecule has 0 radical (unpaired) electrons. The number of aromatic nitrogens is 1. The summed E-state index contributed by atoms with van der Waals surface area (Å²) in [4.78, 5) is 4.81. The predicted molar refractivity (Wildman–Crippen MR) is 110 cm³/mol. The number of benzene rings is 3. The average molecular weight is 345 g/mol. The lowest BCUT2D eigenvalue weighted by atomic mass is 9.70. The normalized spacial score (nSPS) is 14.6. The van der Waals surface area contributed by atoms with Crippen molar-refractivity contribution < 1.29 is 0 Å². The smallest absolute Gasteiger partial charge is 0.0753 e. The molecule has 1 aromatic heterocycles. The Morgan fingerprint density at radius 1 is 0.593 bits per heavy atom. The second kappa shape index (κ2) is 4.95. The maximum Gasteiger partial charge on any atom is 0.0753 e. The van der Waals surface area contributed by atoms with Gasteiger partial charge >= 0.3 is 0 Å². The third kappa shape index (κ3) is 1.67. The molecular formula is C26H19N. The Morgan fingerprint density at radius 3 is 1.93 bits per heavy atom. The van der Waals surface area contributed by atoms with E-state index in [1.54, 1.807) is 0 Å². The minimum absolute atomic E-state index is 0.261. The van der Waals surface area contributed by atoms with Crippen molar-refractivity contribution in [2.24, 2.45) is 0 Å². The summed E-state index contributed by atoms with van der Waals surface area (Å²) in [5.74, 6) is 0. The van der Waals surface area contributed by atoms with Crippen LogP contribution in [0.1, 0.15) is 33.4 Å². The average Bonchev–Trinajstić information content (AvgIpc) is 3.14. The molecule has 0 N–H and O–H groups in total. The van der Waals surface area contributed by atoms with Crippen molar-refractivity contribution in [3.63, 3.8) is 0 Å². The molecule has 1 heterocycles. The summed E-state index contributed by atoms with van der Waals surface area (Å²) >= 11 is 0. The molecule has 3 aromatic carbocycles. The van der Waals surface area contributed by atoms with Gasteiger partial charge in [-0.25, -0.2) is 0 Å². The van der Waals surface area contributed by atoms with E-state index in [4.69, 9.17) is 4.98 Å². The highest BCUT2D eigenvalue weighted by Gasteiger charge is 2.52. The molecule has 0 unspecified atom stereocenters. The largest absolute Gasteiger partial charge is 0.256 e. The fourth-order valence-electron chi connectivity index (χ4n) is 5.22. The van der Waals surface area contributed by atoms with E-state index in [1.165, 1.54) is 50.1 Å². The number of rotatable bonds is 0. The van der Waals surface area contributed by atoms with Crippen LogP contribution in [0.5, 0.6) is 0 Å². The lowest BCUT2D eigenvalue weighted by molar-refractivity contribution is 0.789. The van der Waals surface area contributed by atoms with Gasteiger partial charge in [-0.15, -0.1) is 0 Å². The third-order valence-electron chi connectivity index (χ3n) is 6.25. The summed E-state index contributed by atoms with van der Waals surface area (Å²) in [5, 5.41) is 0. The molecule has 4 aromatic rings. The van der Waals surface area contributed by atoms with Crippen LogP contribution < -0.4 is 0 Å². The molecule has 27 heavy (non-hydrogen) atoms. The van der Waals surface area contributed by atoms with Crippen molar-refractivity contribution in [3.05, 3.63) is 112 Å². The van der Waals surface area contributed by atoms with Gasteiger partial charge in [-0.1, -0.05) is 77.9 Å². The fraction of sp³-hybridized carbons (Fsp3) is 0.115. The Hall–Kier alpha value is -3.19. The molecule has 0 bridgehead atoms. The fourth-order valence-corrected chi connectivity index (χ4v) is 5.22. The van der Waals surface area contributed by atoms with E-state index in [9.17, 15) is 0 Å². The number of pyridine rings is 1. The second-order valence-corrected chi connectivity index (χ2v) is 7.79. The zero-order chi connectivity index (χ0) is 18.2. The Balaban J connectivity index is 1.88. The summed E-state index contributed by atoms with van der Waals surface area (Å²) in [5.41, 5.74) is 12.9. The van der Waals surface area contributed by atoms with Crippen LogP contribution in [0.3, 0.4) is 0 Å². The van der Waals surface area contributed by atoms with Gasteiger partial charge in [-0.3, -0.25) is 4.98 Å². The summed E-state index contributed by atoms with van der Waals surface area (Å²) in [6.45, 7) is 4.38. The first kappa shape index (κ1) is 14.9. The number of nitrogens with zero attached hydrogens (tertiary/aromatic N) is 1. The highest BCUT2D eigenvalue weighted by Crippen LogP contribution is 2.62. The molecule has 6 rings (SSSR count). The Morgan fingerprint density at radius 2 is 1.22 bits per heavy atom. The zero-order valence-corrected chi connectivity index (χ0v) is 15.5. The highest BCUT2D eigenvalue weighted by atomic mass is 14.7. The minimum atomic E-state index is -0.261. The van der Waals surface area contributed by atoms with Crippen LogP contribution in [0.25, 0.3) is 22.4 Å². The van der Waals surface area contributed by atoms with E-state index in [2.05, 4.69) is 86.6 Å². The van der Waals surface area contributed by atoms with Crippen molar-refractivity contribution in [1.29, 1.82) is 0 Å². The molecule has 1 nitrogen and oxygen atoms in total. The standard InChI is InChI=1S/C26H19N/c1-16-9-11-18-19-12-10-17(2)15-24(19)26(23(18)14-16)21-7-4-3-6-20(21)25-22(26)8-5-13-27-25/h3-15H,1-2H3. The summed E-state index contributed by atoms with van der Waals surface area (Å²) in [6.07, 6.45) is 1.91. The maximum atomic E-state index is 4.81. The number of hydrogen-bond donors (Lipinski definition) is 0. The number of aryl methyl sites for hydroxylation is 2. The van der Waals surface area contributed by atoms with Crippen molar-refractivity contribution >= 4 is 0 Å². The SMILES string of the molecule is Cc1ccc2c(c1)C1(c3cc(C)ccc3-2)c2ccccc2-c2ncccc21. The molecular weight excluding hydrogens is 326 g/mol. The molecule has 0 saturated carbocycles. The van der Waals surface area contributed by atoms with E-state index < -0.39 is 0 Å². The Kier molecular flexibility index (Phi) is 2.74. The van der Waals surface area contributed by atoms with Crippen molar-refractivity contribution in [2.75, 3.05) is 0 Å². The summed E-state index contributed by atoms with van der Waals surface area (Å²) in [7, 11) is 0. The zero-order valence-electron chi connectivity index (χ0n) is 15.5. The van der Waals surface area contributed by atoms with Crippen LogP contribution in [0.15, 0.2) is 79.0 Å². The summed E-state index contributed by atoms with van der Waals surface area (Å²) in [6, 6.07) is 27.0. The van der Waals surface area contributed by atoms with Gasteiger partial charge in [0.2, 0.25) is 0 Å². The molecule has 1 spiro atoms. The molecule has 0 amide bonds. The van der Waals surface area contributed by atoms with Gasteiger partial charge in [0.15, 0.2) is 0 Å². The predicted octanol–water partition coefficient (Wildman–Crippen LogP) is 6.04. The van der Waals surface area contributed by atoms with Crippen LogP contribution in [-0.4, -0.2) is 4.98 Å². The van der Waals surface area contributed by atoms with Crippen LogP contribution in [0, 0.1) is 13.8 Å². The monoisotopic (exact) mass is 345 g/mol. The number of hydrogen-bond acceptors (Lipinski definition) is 1. The Bertz CT molecular complexity index is 1150. The van der Waals surface area contributed by atoms with Crippen LogP contribution in [-0.2, 0) is 5.41 Å². The second-order valence-electron chi connectivity index (χ2n) is 7.79. The first-order valence-corrected chi connectivity index (χ1v) is 9.49. The first-order valence-electron chi connectivity index (χ1n) is 9.49. The molecule has 2 aliphatic carbocycles. The third-order valence-corrected chi connectivity index (χ3v) is 6.25. The molecule has 0 aliphatic heterocycles. The van der Waals surface area contributed by atoms with Crippen molar-refractivity contribution in [1.82, 2.24) is 4.98 Å². The lowest BCUT2D eigenvalue weighted by Crippen LogP contribution is -2.26. The molecule has 128 valence electrons. The van der Waals surface area contributed by atoms with E-state index in [-0.39, 0.29) is 5.41 Å². The van der Waals surface area contributed by atoms with Crippen LogP contribution in [0.4, 0.5) is 0 Å². The topological polar surface area (TPSA) is 12.9 Å². The van der Waals surface area contributed by atoms with Gasteiger partial charge in [0.05, 0.1) is 11.1 Å².